The van der Waals surface area contributed by atoms with Crippen molar-refractivity contribution in [1.82, 2.24) is 20.5 Å². The number of hydrogen-bond acceptors (Lipinski definition) is 8. The zero-order chi connectivity index (χ0) is 26.7. The molecule has 0 saturated carbocycles. The Morgan fingerprint density at radius 1 is 1.17 bits per heavy atom. The summed E-state index contributed by atoms with van der Waals surface area (Å²) in [6.07, 6.45) is 1.93. The Labute approximate surface area is 214 Å². The number of likely N-dealkylation sites (N-methyl/N-ethyl adjacent to an activating group) is 1. The van der Waals surface area contributed by atoms with E-state index in [0.717, 1.165) is 43.6 Å². The van der Waals surface area contributed by atoms with Crippen LogP contribution in [0.25, 0.3) is 0 Å². The second-order valence-electron chi connectivity index (χ2n) is 9.94. The fourth-order valence-corrected chi connectivity index (χ4v) is 4.97. The van der Waals surface area contributed by atoms with Crippen LogP contribution in [0.15, 0.2) is 5.38 Å². The summed E-state index contributed by atoms with van der Waals surface area (Å²) in [5.41, 5.74) is -0.0850. The summed E-state index contributed by atoms with van der Waals surface area (Å²) >= 11 is 1.11. The van der Waals surface area contributed by atoms with E-state index in [4.69, 9.17) is 5.11 Å². The number of aliphatic hydroxyl groups excluding tert-OH is 2. The van der Waals surface area contributed by atoms with E-state index in [-0.39, 0.29) is 41.8 Å². The molecule has 0 aliphatic rings. The molecule has 0 spiro atoms. The van der Waals surface area contributed by atoms with Crippen molar-refractivity contribution in [2.45, 2.75) is 91.1 Å². The van der Waals surface area contributed by atoms with E-state index in [1.165, 1.54) is 5.38 Å². The Kier molecular flexibility index (Phi) is 13.9. The average molecular weight is 515 g/mol. The van der Waals surface area contributed by atoms with Gasteiger partial charge in [-0.2, -0.15) is 0 Å². The van der Waals surface area contributed by atoms with Crippen LogP contribution >= 0.6 is 11.3 Å². The molecule has 10 heteroatoms. The van der Waals surface area contributed by atoms with Crippen LogP contribution in [0, 0.1) is 17.8 Å². The number of aromatic nitrogens is 1. The number of rotatable bonds is 17. The Balaban J connectivity index is 2.93. The van der Waals surface area contributed by atoms with Crippen LogP contribution in [0.1, 0.15) is 88.3 Å². The topological polar surface area (TPSA) is 135 Å². The Morgan fingerprint density at radius 2 is 1.83 bits per heavy atom. The number of nitrogens with one attached hydrogen (secondary N) is 2. The van der Waals surface area contributed by atoms with Gasteiger partial charge < -0.3 is 26.0 Å². The molecule has 0 radical (unpaired) electrons. The number of aromatic carboxylic acids is 1. The van der Waals surface area contributed by atoms with Gasteiger partial charge in [0.05, 0.1) is 6.04 Å². The second kappa shape index (κ2) is 15.5. The fourth-order valence-electron chi connectivity index (χ4n) is 4.18. The summed E-state index contributed by atoms with van der Waals surface area (Å²) in [7, 11) is 3.72. The van der Waals surface area contributed by atoms with Gasteiger partial charge in [0.1, 0.15) is 17.3 Å². The lowest BCUT2D eigenvalue weighted by molar-refractivity contribution is -0.130. The number of aliphatic hydroxyl groups is 2. The van der Waals surface area contributed by atoms with Crippen molar-refractivity contribution in [3.8, 4) is 0 Å². The number of amides is 1. The van der Waals surface area contributed by atoms with Gasteiger partial charge in [-0.05, 0) is 51.7 Å². The monoisotopic (exact) mass is 514 g/mol. The molecule has 6 unspecified atom stereocenters. The molecule has 0 aliphatic heterocycles. The van der Waals surface area contributed by atoms with E-state index in [1.807, 2.05) is 46.6 Å². The van der Waals surface area contributed by atoms with Gasteiger partial charge in [0.15, 0.2) is 5.69 Å². The minimum Gasteiger partial charge on any atom is -0.476 e. The van der Waals surface area contributed by atoms with E-state index >= 15 is 0 Å². The zero-order valence-electron chi connectivity index (χ0n) is 22.3. The molecule has 0 aromatic carbocycles. The summed E-state index contributed by atoms with van der Waals surface area (Å²) < 4.78 is 0. The van der Waals surface area contributed by atoms with Crippen molar-refractivity contribution in [3.05, 3.63) is 16.1 Å². The largest absolute Gasteiger partial charge is 0.476 e. The van der Waals surface area contributed by atoms with Crippen LogP contribution in [0.2, 0.25) is 0 Å². The first kappa shape index (κ1) is 31.4. The van der Waals surface area contributed by atoms with Crippen LogP contribution in [0.4, 0.5) is 0 Å². The maximum absolute atomic E-state index is 12.9. The van der Waals surface area contributed by atoms with Gasteiger partial charge in [-0.3, -0.25) is 9.69 Å². The van der Waals surface area contributed by atoms with Crippen molar-refractivity contribution in [1.29, 1.82) is 0 Å². The molecule has 202 valence electrons. The Bertz CT molecular complexity index is 775. The Hall–Kier alpha value is -1.59. The Morgan fingerprint density at radius 3 is 2.34 bits per heavy atom. The number of carboxylic acids is 1. The second-order valence-corrected chi connectivity index (χ2v) is 10.8. The highest BCUT2D eigenvalue weighted by molar-refractivity contribution is 7.09. The van der Waals surface area contributed by atoms with E-state index in [2.05, 4.69) is 15.6 Å². The van der Waals surface area contributed by atoms with Crippen LogP contribution in [0.3, 0.4) is 0 Å². The van der Waals surface area contributed by atoms with Gasteiger partial charge in [-0.15, -0.1) is 11.3 Å². The summed E-state index contributed by atoms with van der Waals surface area (Å²) in [6, 6.07) is -0.686. The van der Waals surface area contributed by atoms with Crippen LogP contribution < -0.4 is 10.6 Å². The molecule has 6 atom stereocenters. The normalized spacial score (nSPS) is 17.1. The highest BCUT2D eigenvalue weighted by atomic mass is 32.1. The molecule has 9 nitrogen and oxygen atoms in total. The third-order valence-corrected chi connectivity index (χ3v) is 7.80. The SMILES string of the molecule is CCC(C)C(NC(=O)C(C)CCCCNC)C(O)N(C)C(CC(O)c1nc(C(=O)O)cs1)C(C)C. The zero-order valence-corrected chi connectivity index (χ0v) is 23.1. The highest BCUT2D eigenvalue weighted by Crippen LogP contribution is 2.28. The first-order valence-electron chi connectivity index (χ1n) is 12.7. The average Bonchev–Trinajstić information content (AvgIpc) is 3.32. The lowest BCUT2D eigenvalue weighted by Crippen LogP contribution is -2.57. The van der Waals surface area contributed by atoms with Gasteiger partial charge in [-0.1, -0.05) is 47.5 Å². The number of carboxylic acid groups (broad SMARTS) is 1. The van der Waals surface area contributed by atoms with Gasteiger partial charge in [0.2, 0.25) is 5.91 Å². The molecule has 1 aromatic heterocycles. The molecular weight excluding hydrogens is 468 g/mol. The van der Waals surface area contributed by atoms with Crippen molar-refractivity contribution in [2.75, 3.05) is 20.6 Å². The number of carbonyl (C=O) groups is 2. The van der Waals surface area contributed by atoms with Gasteiger partial charge in [-0.25, -0.2) is 9.78 Å². The van der Waals surface area contributed by atoms with Gasteiger partial charge in [0.25, 0.3) is 0 Å². The van der Waals surface area contributed by atoms with Crippen LogP contribution in [0.5, 0.6) is 0 Å². The predicted octanol–water partition coefficient (Wildman–Crippen LogP) is 3.10. The third kappa shape index (κ3) is 9.76. The summed E-state index contributed by atoms with van der Waals surface area (Å²) in [6.45, 7) is 10.9. The summed E-state index contributed by atoms with van der Waals surface area (Å²) in [5, 5.41) is 39.2. The predicted molar refractivity (Wildman–Crippen MR) is 139 cm³/mol. The summed E-state index contributed by atoms with van der Waals surface area (Å²) in [5.74, 6) is -1.20. The molecule has 0 fully saturated rings. The van der Waals surface area contributed by atoms with E-state index < -0.39 is 24.3 Å². The maximum Gasteiger partial charge on any atom is 0.355 e. The summed E-state index contributed by atoms with van der Waals surface area (Å²) in [4.78, 5) is 29.9. The molecule has 0 saturated heterocycles. The van der Waals surface area contributed by atoms with Crippen molar-refractivity contribution in [2.24, 2.45) is 17.8 Å². The molecular formula is C25H46N4O5S. The van der Waals surface area contributed by atoms with Gasteiger partial charge >= 0.3 is 5.97 Å². The molecule has 0 aliphatic carbocycles. The lowest BCUT2D eigenvalue weighted by atomic mass is 9.92. The van der Waals surface area contributed by atoms with Crippen molar-refractivity contribution < 1.29 is 24.9 Å². The quantitative estimate of drug-likeness (QED) is 0.158. The fraction of sp³-hybridized carbons (Fsp3) is 0.800. The van der Waals surface area contributed by atoms with Crippen molar-refractivity contribution >= 4 is 23.2 Å². The minimum atomic E-state index is -1.13. The number of nitrogens with zero attached hydrogens (tertiary/aromatic N) is 2. The maximum atomic E-state index is 12.9. The molecule has 1 aromatic rings. The lowest BCUT2D eigenvalue weighted by Gasteiger charge is -2.41. The molecule has 1 rings (SSSR count). The first-order chi connectivity index (χ1) is 16.4. The number of unbranched alkanes of at least 4 members (excludes halogenated alkanes) is 1. The number of carbonyl (C=O) groups excluding carboxylic acids is 1. The molecule has 5 N–H and O–H groups in total. The molecule has 0 bridgehead atoms. The van der Waals surface area contributed by atoms with Crippen molar-refractivity contribution in [3.63, 3.8) is 0 Å². The van der Waals surface area contributed by atoms with E-state index in [9.17, 15) is 19.8 Å². The minimum absolute atomic E-state index is 0.0442. The van der Waals surface area contributed by atoms with Gasteiger partial charge in [0, 0.05) is 17.3 Å². The smallest absolute Gasteiger partial charge is 0.355 e. The number of hydrogen-bond donors (Lipinski definition) is 5. The van der Waals surface area contributed by atoms with Crippen LogP contribution in [-0.2, 0) is 4.79 Å². The van der Waals surface area contributed by atoms with E-state index in [0.29, 0.717) is 5.01 Å². The number of thiazole rings is 1. The first-order valence-corrected chi connectivity index (χ1v) is 13.5. The third-order valence-electron chi connectivity index (χ3n) is 6.85. The molecule has 35 heavy (non-hydrogen) atoms. The molecule has 1 amide bonds. The standard InChI is InChI=1S/C25H46N4O5S/c1-8-16(4)21(28-22(31)17(5)11-9-10-12-26-6)24(32)29(7)19(15(2)3)13-20(30)23-27-18(14-35-23)25(33)34/h14-17,19-21,24,26,30,32H,8-13H2,1-7H3,(H,28,31)(H,33,34). The van der Waals surface area contributed by atoms with Crippen LogP contribution in [-0.4, -0.2) is 76.0 Å². The van der Waals surface area contributed by atoms with E-state index in [1.54, 1.807) is 7.05 Å². The highest BCUT2D eigenvalue weighted by Gasteiger charge is 2.35. The molecule has 1 heterocycles.